The first-order valence-electron chi connectivity index (χ1n) is 12.2. The molecule has 0 saturated heterocycles. The third-order valence-corrected chi connectivity index (χ3v) is 6.43. The predicted molar refractivity (Wildman–Crippen MR) is 132 cm³/mol. The van der Waals surface area contributed by atoms with Crippen molar-refractivity contribution in [2.24, 2.45) is 0 Å². The number of benzene rings is 2. The first-order valence-corrected chi connectivity index (χ1v) is 12.2. The Morgan fingerprint density at radius 3 is 2.35 bits per heavy atom. The fourth-order valence-electron chi connectivity index (χ4n) is 4.37. The van der Waals surface area contributed by atoms with E-state index in [1.54, 1.807) is 19.1 Å². The summed E-state index contributed by atoms with van der Waals surface area (Å²) >= 11 is 0. The van der Waals surface area contributed by atoms with Crippen LogP contribution < -0.4 is 10.1 Å². The van der Waals surface area contributed by atoms with E-state index < -0.39 is 6.04 Å². The van der Waals surface area contributed by atoms with E-state index in [9.17, 15) is 14.0 Å². The van der Waals surface area contributed by atoms with Crippen LogP contribution in [0.4, 0.5) is 4.39 Å². The van der Waals surface area contributed by atoms with Crippen LogP contribution >= 0.6 is 0 Å². The van der Waals surface area contributed by atoms with Crippen LogP contribution in [0.15, 0.2) is 48.5 Å². The number of hydrogen-bond donors (Lipinski definition) is 1. The molecule has 0 heterocycles. The molecule has 1 aliphatic rings. The number of hydrogen-bond acceptors (Lipinski definition) is 3. The summed E-state index contributed by atoms with van der Waals surface area (Å²) < 4.78 is 19.4. The number of carbonyl (C=O) groups excluding carboxylic acids is 2. The van der Waals surface area contributed by atoms with Gasteiger partial charge in [0.25, 0.3) is 5.91 Å². The van der Waals surface area contributed by atoms with Crippen LogP contribution in [0.3, 0.4) is 0 Å². The van der Waals surface area contributed by atoms with Gasteiger partial charge in [-0.15, -0.1) is 0 Å². The van der Waals surface area contributed by atoms with Gasteiger partial charge in [0.1, 0.15) is 17.6 Å². The Hall–Kier alpha value is -2.89. The van der Waals surface area contributed by atoms with Gasteiger partial charge >= 0.3 is 0 Å². The average Bonchev–Trinajstić information content (AvgIpc) is 2.82. The van der Waals surface area contributed by atoms with Crippen molar-refractivity contribution < 1.29 is 18.7 Å². The van der Waals surface area contributed by atoms with E-state index in [4.69, 9.17) is 4.74 Å². The molecular weight excluding hydrogens is 431 g/mol. The standard InChI is InChI=1S/C28H37FN2O3/c1-20(27(33)30-23-10-6-5-7-11-23)31(18-21-14-16-22(29)17-15-21)26(32)19-34-25-13-9-8-12-24(25)28(2,3)4/h8-9,12-17,20,23H,5-7,10-11,18-19H2,1-4H3,(H,30,33)/t20-/m1/s1. The molecule has 0 aromatic heterocycles. The highest BCUT2D eigenvalue weighted by atomic mass is 19.1. The van der Waals surface area contributed by atoms with Gasteiger partial charge in [0.15, 0.2) is 6.61 Å². The molecule has 1 atom stereocenters. The zero-order chi connectivity index (χ0) is 24.7. The van der Waals surface area contributed by atoms with E-state index in [1.807, 2.05) is 24.3 Å². The molecule has 0 aliphatic heterocycles. The molecule has 0 unspecified atom stereocenters. The Balaban J connectivity index is 1.75. The Morgan fingerprint density at radius 1 is 1.06 bits per heavy atom. The Bertz CT molecular complexity index is 962. The Labute approximate surface area is 202 Å². The largest absolute Gasteiger partial charge is 0.483 e. The average molecular weight is 469 g/mol. The first kappa shape index (κ1) is 25.7. The third kappa shape index (κ3) is 7.05. The van der Waals surface area contributed by atoms with Crippen LogP contribution in [0.25, 0.3) is 0 Å². The van der Waals surface area contributed by atoms with Crippen LogP contribution in [0.2, 0.25) is 0 Å². The lowest BCUT2D eigenvalue weighted by Gasteiger charge is -2.31. The van der Waals surface area contributed by atoms with Crippen molar-refractivity contribution in [1.82, 2.24) is 10.2 Å². The zero-order valence-corrected chi connectivity index (χ0v) is 20.8. The number of para-hydroxylation sites is 1. The SMILES string of the molecule is C[C@H](C(=O)NC1CCCCC1)N(Cc1ccc(F)cc1)C(=O)COc1ccccc1C(C)(C)C. The number of ether oxygens (including phenoxy) is 1. The summed E-state index contributed by atoms with van der Waals surface area (Å²) in [7, 11) is 0. The van der Waals surface area contributed by atoms with Crippen molar-refractivity contribution in [2.75, 3.05) is 6.61 Å². The van der Waals surface area contributed by atoms with E-state index in [1.165, 1.54) is 23.5 Å². The molecule has 1 fully saturated rings. The molecule has 1 aliphatic carbocycles. The third-order valence-electron chi connectivity index (χ3n) is 6.43. The number of amides is 2. The summed E-state index contributed by atoms with van der Waals surface area (Å²) in [5.41, 5.74) is 1.62. The van der Waals surface area contributed by atoms with Crippen molar-refractivity contribution in [3.05, 3.63) is 65.5 Å². The molecule has 184 valence electrons. The zero-order valence-electron chi connectivity index (χ0n) is 20.8. The molecule has 1 saturated carbocycles. The highest BCUT2D eigenvalue weighted by molar-refractivity contribution is 5.88. The summed E-state index contributed by atoms with van der Waals surface area (Å²) in [4.78, 5) is 27.9. The van der Waals surface area contributed by atoms with Crippen LogP contribution in [0.5, 0.6) is 5.75 Å². The fourth-order valence-corrected chi connectivity index (χ4v) is 4.37. The topological polar surface area (TPSA) is 58.6 Å². The first-order chi connectivity index (χ1) is 16.1. The van der Waals surface area contributed by atoms with E-state index in [0.717, 1.165) is 36.8 Å². The van der Waals surface area contributed by atoms with E-state index in [-0.39, 0.29) is 42.2 Å². The van der Waals surface area contributed by atoms with Crippen molar-refractivity contribution >= 4 is 11.8 Å². The van der Waals surface area contributed by atoms with Crippen molar-refractivity contribution in [1.29, 1.82) is 0 Å². The summed E-state index contributed by atoms with van der Waals surface area (Å²) in [6.07, 6.45) is 5.36. The van der Waals surface area contributed by atoms with Gasteiger partial charge in [0.05, 0.1) is 0 Å². The highest BCUT2D eigenvalue weighted by Gasteiger charge is 2.29. The molecule has 0 spiro atoms. The fraction of sp³-hybridized carbons (Fsp3) is 0.500. The number of nitrogens with zero attached hydrogens (tertiary/aromatic N) is 1. The summed E-state index contributed by atoms with van der Waals surface area (Å²) in [5, 5.41) is 3.12. The quantitative estimate of drug-likeness (QED) is 0.567. The van der Waals surface area contributed by atoms with Gasteiger partial charge in [-0.25, -0.2) is 4.39 Å². The second-order valence-electron chi connectivity index (χ2n) is 10.2. The van der Waals surface area contributed by atoms with E-state index >= 15 is 0 Å². The van der Waals surface area contributed by atoms with Gasteiger partial charge in [0.2, 0.25) is 5.91 Å². The van der Waals surface area contributed by atoms with E-state index in [0.29, 0.717) is 5.75 Å². The van der Waals surface area contributed by atoms with Crippen LogP contribution in [0.1, 0.15) is 70.9 Å². The van der Waals surface area contributed by atoms with Gasteiger partial charge < -0.3 is 15.0 Å². The number of rotatable bonds is 8. The van der Waals surface area contributed by atoms with E-state index in [2.05, 4.69) is 26.1 Å². The van der Waals surface area contributed by atoms with Crippen molar-refractivity contribution in [2.45, 2.75) is 83.8 Å². The monoisotopic (exact) mass is 468 g/mol. The van der Waals surface area contributed by atoms with Gasteiger partial charge in [0, 0.05) is 12.6 Å². The second kappa shape index (κ2) is 11.5. The van der Waals surface area contributed by atoms with Crippen LogP contribution in [-0.2, 0) is 21.5 Å². The van der Waals surface area contributed by atoms with Gasteiger partial charge in [-0.3, -0.25) is 9.59 Å². The van der Waals surface area contributed by atoms with Gasteiger partial charge in [-0.05, 0) is 54.5 Å². The minimum absolute atomic E-state index is 0.138. The molecule has 1 N–H and O–H groups in total. The van der Waals surface area contributed by atoms with Gasteiger partial charge in [-0.1, -0.05) is 70.4 Å². The summed E-state index contributed by atoms with van der Waals surface area (Å²) in [5.74, 6) is -0.145. The minimum Gasteiger partial charge on any atom is -0.483 e. The molecule has 6 heteroatoms. The van der Waals surface area contributed by atoms with Gasteiger partial charge in [-0.2, -0.15) is 0 Å². The smallest absolute Gasteiger partial charge is 0.261 e. The molecular formula is C28H37FN2O3. The molecule has 5 nitrogen and oxygen atoms in total. The number of halogens is 1. The lowest BCUT2D eigenvalue weighted by atomic mass is 9.86. The van der Waals surface area contributed by atoms with Crippen LogP contribution in [0, 0.1) is 5.82 Å². The molecule has 3 rings (SSSR count). The molecule has 34 heavy (non-hydrogen) atoms. The summed E-state index contributed by atoms with van der Waals surface area (Å²) in [6.45, 7) is 8.03. The Kier molecular flexibility index (Phi) is 8.70. The number of carbonyl (C=O) groups is 2. The minimum atomic E-state index is -0.680. The maximum Gasteiger partial charge on any atom is 0.261 e. The van der Waals surface area contributed by atoms with Crippen LogP contribution in [-0.4, -0.2) is 35.4 Å². The molecule has 0 radical (unpaired) electrons. The van der Waals surface area contributed by atoms with Crippen molar-refractivity contribution in [3.63, 3.8) is 0 Å². The number of nitrogens with one attached hydrogen (secondary N) is 1. The normalized spacial score (nSPS) is 15.4. The lowest BCUT2D eigenvalue weighted by molar-refractivity contribution is -0.142. The molecule has 2 aromatic carbocycles. The second-order valence-corrected chi connectivity index (χ2v) is 10.2. The maximum atomic E-state index is 13.4. The predicted octanol–water partition coefficient (Wildman–Crippen LogP) is 5.37. The highest BCUT2D eigenvalue weighted by Crippen LogP contribution is 2.31. The molecule has 2 amide bonds. The van der Waals surface area contributed by atoms with Crippen molar-refractivity contribution in [3.8, 4) is 5.75 Å². The molecule has 0 bridgehead atoms. The lowest BCUT2D eigenvalue weighted by Crippen LogP contribution is -2.51. The molecule has 2 aromatic rings. The Morgan fingerprint density at radius 2 is 1.71 bits per heavy atom. The maximum absolute atomic E-state index is 13.4. The summed E-state index contributed by atoms with van der Waals surface area (Å²) in [6, 6.07) is 13.2.